The summed E-state index contributed by atoms with van der Waals surface area (Å²) >= 11 is 0. The predicted octanol–water partition coefficient (Wildman–Crippen LogP) is 0.416. The monoisotopic (exact) mass is 217 g/mol. The number of para-hydroxylation sites is 1. The molecule has 0 saturated heterocycles. The Morgan fingerprint density at radius 3 is 2.56 bits per heavy atom. The van der Waals surface area contributed by atoms with E-state index in [-0.39, 0.29) is 5.82 Å². The van der Waals surface area contributed by atoms with Crippen molar-refractivity contribution in [3.63, 3.8) is 0 Å². The summed E-state index contributed by atoms with van der Waals surface area (Å²) < 4.78 is 1.27. The number of aryl methyl sites for hydroxylation is 1. The van der Waals surface area contributed by atoms with E-state index in [0.717, 1.165) is 5.56 Å². The van der Waals surface area contributed by atoms with Gasteiger partial charge in [0.15, 0.2) is 0 Å². The molecule has 5 nitrogen and oxygen atoms in total. The Morgan fingerprint density at radius 1 is 1.25 bits per heavy atom. The molecule has 5 heteroatoms. The molecule has 0 fully saturated rings. The lowest BCUT2D eigenvalue weighted by Crippen LogP contribution is -2.30. The number of nitrogen functional groups attached to an aromatic ring is 1. The van der Waals surface area contributed by atoms with Crippen LogP contribution in [0.4, 0.5) is 5.82 Å². The van der Waals surface area contributed by atoms with Crippen LogP contribution in [0, 0.1) is 6.92 Å². The van der Waals surface area contributed by atoms with Crippen molar-refractivity contribution < 1.29 is 0 Å². The predicted molar refractivity (Wildman–Crippen MR) is 61.8 cm³/mol. The number of anilines is 1. The van der Waals surface area contributed by atoms with Crippen LogP contribution < -0.4 is 17.0 Å². The quantitative estimate of drug-likeness (QED) is 0.726. The molecule has 1 aromatic carbocycles. The average Bonchev–Trinajstić information content (AvgIpc) is 2.19. The van der Waals surface area contributed by atoms with E-state index < -0.39 is 11.2 Å². The standard InChI is InChI=1S/C11H11N3O2/c1-7-4-2-3-5-8(7)14-9(12)6-10(15)13-11(14)16/h2-6H,12H2,1H3,(H,13,15,16). The van der Waals surface area contributed by atoms with Crippen molar-refractivity contribution in [1.82, 2.24) is 9.55 Å². The Kier molecular flexibility index (Phi) is 2.36. The Hall–Kier alpha value is -2.30. The highest BCUT2D eigenvalue weighted by molar-refractivity contribution is 5.46. The Labute approximate surface area is 91.2 Å². The third-order valence-corrected chi connectivity index (χ3v) is 2.33. The first-order valence-corrected chi connectivity index (χ1v) is 4.77. The summed E-state index contributed by atoms with van der Waals surface area (Å²) in [5.41, 5.74) is 6.22. The molecule has 0 saturated carbocycles. The maximum absolute atomic E-state index is 11.6. The smallest absolute Gasteiger partial charge is 0.334 e. The minimum absolute atomic E-state index is 0.128. The van der Waals surface area contributed by atoms with Gasteiger partial charge in [0.25, 0.3) is 5.56 Å². The summed E-state index contributed by atoms with van der Waals surface area (Å²) in [6.07, 6.45) is 0. The molecule has 1 aromatic heterocycles. The second kappa shape index (κ2) is 3.69. The molecule has 0 aliphatic rings. The molecule has 0 spiro atoms. The van der Waals surface area contributed by atoms with Crippen molar-refractivity contribution >= 4 is 5.82 Å². The molecule has 3 N–H and O–H groups in total. The fourth-order valence-electron chi connectivity index (χ4n) is 1.58. The molecular formula is C11H11N3O2. The zero-order chi connectivity index (χ0) is 11.7. The van der Waals surface area contributed by atoms with Crippen LogP contribution in [-0.2, 0) is 0 Å². The van der Waals surface area contributed by atoms with Gasteiger partial charge in [0.1, 0.15) is 5.82 Å². The zero-order valence-electron chi connectivity index (χ0n) is 8.73. The van der Waals surface area contributed by atoms with E-state index in [0.29, 0.717) is 5.69 Å². The first-order valence-electron chi connectivity index (χ1n) is 4.77. The van der Waals surface area contributed by atoms with Gasteiger partial charge in [-0.3, -0.25) is 9.78 Å². The maximum atomic E-state index is 11.6. The second-order valence-corrected chi connectivity index (χ2v) is 3.49. The number of rotatable bonds is 1. The van der Waals surface area contributed by atoms with Gasteiger partial charge in [0.2, 0.25) is 0 Å². The first kappa shape index (κ1) is 10.2. The fraction of sp³-hybridized carbons (Fsp3) is 0.0909. The highest BCUT2D eigenvalue weighted by atomic mass is 16.2. The lowest BCUT2D eigenvalue weighted by Gasteiger charge is -2.10. The topological polar surface area (TPSA) is 80.9 Å². The van der Waals surface area contributed by atoms with E-state index >= 15 is 0 Å². The van der Waals surface area contributed by atoms with E-state index in [1.807, 2.05) is 19.1 Å². The fourth-order valence-corrected chi connectivity index (χ4v) is 1.58. The van der Waals surface area contributed by atoms with Gasteiger partial charge in [0.05, 0.1) is 5.69 Å². The number of hydrogen-bond donors (Lipinski definition) is 2. The molecule has 0 atom stereocenters. The molecule has 82 valence electrons. The molecule has 0 unspecified atom stereocenters. The molecule has 0 radical (unpaired) electrons. The van der Waals surface area contributed by atoms with E-state index in [4.69, 9.17) is 5.73 Å². The molecular weight excluding hydrogens is 206 g/mol. The van der Waals surface area contributed by atoms with Gasteiger partial charge in [0, 0.05) is 6.07 Å². The van der Waals surface area contributed by atoms with Crippen LogP contribution in [0.25, 0.3) is 5.69 Å². The van der Waals surface area contributed by atoms with Crippen molar-refractivity contribution in [2.75, 3.05) is 5.73 Å². The Morgan fingerprint density at radius 2 is 1.94 bits per heavy atom. The van der Waals surface area contributed by atoms with Crippen molar-refractivity contribution in [3.05, 3.63) is 56.7 Å². The summed E-state index contributed by atoms with van der Waals surface area (Å²) in [4.78, 5) is 24.8. The molecule has 0 amide bonds. The Bertz CT molecular complexity index is 640. The van der Waals surface area contributed by atoms with E-state index in [1.54, 1.807) is 12.1 Å². The van der Waals surface area contributed by atoms with Crippen molar-refractivity contribution in [3.8, 4) is 5.69 Å². The van der Waals surface area contributed by atoms with Gasteiger partial charge >= 0.3 is 5.69 Å². The minimum atomic E-state index is -0.528. The second-order valence-electron chi connectivity index (χ2n) is 3.49. The summed E-state index contributed by atoms with van der Waals surface area (Å²) in [6, 6.07) is 8.50. The van der Waals surface area contributed by atoms with Crippen LogP contribution >= 0.6 is 0 Å². The summed E-state index contributed by atoms with van der Waals surface area (Å²) in [5.74, 6) is 0.128. The third-order valence-electron chi connectivity index (χ3n) is 2.33. The highest BCUT2D eigenvalue weighted by Gasteiger charge is 2.06. The van der Waals surface area contributed by atoms with Crippen molar-refractivity contribution in [2.45, 2.75) is 6.92 Å². The zero-order valence-corrected chi connectivity index (χ0v) is 8.73. The number of nitrogens with one attached hydrogen (secondary N) is 1. The largest absolute Gasteiger partial charge is 0.385 e. The maximum Gasteiger partial charge on any atom is 0.334 e. The number of nitrogens with two attached hydrogens (primary N) is 1. The number of aromatic nitrogens is 2. The summed E-state index contributed by atoms with van der Waals surface area (Å²) in [6.45, 7) is 1.87. The van der Waals surface area contributed by atoms with Gasteiger partial charge < -0.3 is 5.73 Å². The lowest BCUT2D eigenvalue weighted by atomic mass is 10.2. The molecule has 0 bridgehead atoms. The van der Waals surface area contributed by atoms with E-state index in [2.05, 4.69) is 4.98 Å². The van der Waals surface area contributed by atoms with Gasteiger partial charge in [-0.1, -0.05) is 18.2 Å². The molecule has 0 aliphatic heterocycles. The summed E-state index contributed by atoms with van der Waals surface area (Å²) in [7, 11) is 0. The average molecular weight is 217 g/mol. The van der Waals surface area contributed by atoms with Crippen LogP contribution in [0.15, 0.2) is 39.9 Å². The number of benzene rings is 1. The van der Waals surface area contributed by atoms with Gasteiger partial charge in [-0.25, -0.2) is 9.36 Å². The molecule has 16 heavy (non-hydrogen) atoms. The van der Waals surface area contributed by atoms with Crippen LogP contribution in [0.2, 0.25) is 0 Å². The number of aromatic amines is 1. The molecule has 2 aromatic rings. The summed E-state index contributed by atoms with van der Waals surface area (Å²) in [5, 5.41) is 0. The third kappa shape index (κ3) is 1.63. The minimum Gasteiger partial charge on any atom is -0.385 e. The number of hydrogen-bond acceptors (Lipinski definition) is 3. The van der Waals surface area contributed by atoms with Gasteiger partial charge in [-0.2, -0.15) is 0 Å². The van der Waals surface area contributed by atoms with Crippen molar-refractivity contribution in [2.24, 2.45) is 0 Å². The van der Waals surface area contributed by atoms with Gasteiger partial charge in [-0.05, 0) is 18.6 Å². The van der Waals surface area contributed by atoms with Gasteiger partial charge in [-0.15, -0.1) is 0 Å². The van der Waals surface area contributed by atoms with Crippen molar-refractivity contribution in [1.29, 1.82) is 0 Å². The molecule has 0 aliphatic carbocycles. The number of H-pyrrole nitrogens is 1. The molecule has 2 rings (SSSR count). The lowest BCUT2D eigenvalue weighted by molar-refractivity contribution is 0.902. The molecule has 1 heterocycles. The highest BCUT2D eigenvalue weighted by Crippen LogP contribution is 2.13. The van der Waals surface area contributed by atoms with Crippen LogP contribution in [0.3, 0.4) is 0 Å². The SMILES string of the molecule is Cc1ccccc1-n1c(N)cc(=O)[nH]c1=O. The van der Waals surface area contributed by atoms with Crippen LogP contribution in [-0.4, -0.2) is 9.55 Å². The first-order chi connectivity index (χ1) is 7.59. The number of nitrogens with zero attached hydrogens (tertiary/aromatic N) is 1. The Balaban J connectivity index is 2.80. The van der Waals surface area contributed by atoms with E-state index in [9.17, 15) is 9.59 Å². The van der Waals surface area contributed by atoms with Crippen LogP contribution in [0.1, 0.15) is 5.56 Å². The normalized spacial score (nSPS) is 10.3. The van der Waals surface area contributed by atoms with Crippen LogP contribution in [0.5, 0.6) is 0 Å². The van der Waals surface area contributed by atoms with E-state index in [1.165, 1.54) is 10.6 Å².